The summed E-state index contributed by atoms with van der Waals surface area (Å²) in [5.41, 5.74) is 1.80. The van der Waals surface area contributed by atoms with Gasteiger partial charge in [-0.2, -0.15) is 5.10 Å². The summed E-state index contributed by atoms with van der Waals surface area (Å²) in [6, 6.07) is 0. The molecule has 0 atom stereocenters. The molecule has 0 aliphatic carbocycles. The van der Waals surface area contributed by atoms with Gasteiger partial charge in [0.2, 0.25) is 0 Å². The lowest BCUT2D eigenvalue weighted by Gasteiger charge is -1.85. The van der Waals surface area contributed by atoms with Crippen molar-refractivity contribution < 1.29 is 5.11 Å². The van der Waals surface area contributed by atoms with Crippen LogP contribution >= 0.6 is 0 Å². The molecule has 3 nitrogen and oxygen atoms in total. The average molecular weight is 156 g/mol. The third-order valence-corrected chi connectivity index (χ3v) is 1.26. The quantitative estimate of drug-likeness (QED) is 0.664. The van der Waals surface area contributed by atoms with Crippen molar-refractivity contribution in [2.45, 2.75) is 27.4 Å². The summed E-state index contributed by atoms with van der Waals surface area (Å²) in [5.74, 6) is 0. The van der Waals surface area contributed by atoms with Gasteiger partial charge in [0.15, 0.2) is 0 Å². The van der Waals surface area contributed by atoms with Crippen LogP contribution in [0, 0.1) is 6.92 Å². The van der Waals surface area contributed by atoms with Gasteiger partial charge < -0.3 is 5.11 Å². The van der Waals surface area contributed by atoms with Crippen LogP contribution in [0.15, 0.2) is 6.20 Å². The molecule has 11 heavy (non-hydrogen) atoms. The number of hydrogen-bond donors (Lipinski definition) is 1. The molecular weight excluding hydrogens is 140 g/mol. The van der Waals surface area contributed by atoms with Crippen LogP contribution in [-0.2, 0) is 13.7 Å². The van der Waals surface area contributed by atoms with E-state index in [4.69, 9.17) is 5.11 Å². The molecule has 0 saturated heterocycles. The number of aliphatic hydroxyl groups is 1. The van der Waals surface area contributed by atoms with E-state index in [9.17, 15) is 0 Å². The lowest BCUT2D eigenvalue weighted by Crippen LogP contribution is -1.90. The summed E-state index contributed by atoms with van der Waals surface area (Å²) < 4.78 is 1.70. The fourth-order valence-electron chi connectivity index (χ4n) is 0.809. The Kier molecular flexibility index (Phi) is 4.54. The van der Waals surface area contributed by atoms with E-state index in [1.165, 1.54) is 0 Å². The Bertz CT molecular complexity index is 206. The highest BCUT2D eigenvalue weighted by molar-refractivity contribution is 5.12. The van der Waals surface area contributed by atoms with Crippen molar-refractivity contribution in [3.63, 3.8) is 0 Å². The summed E-state index contributed by atoms with van der Waals surface area (Å²) >= 11 is 0. The maximum atomic E-state index is 8.66. The van der Waals surface area contributed by atoms with Crippen LogP contribution in [0.3, 0.4) is 0 Å². The van der Waals surface area contributed by atoms with Crippen molar-refractivity contribution in [2.75, 3.05) is 0 Å². The topological polar surface area (TPSA) is 38.0 Å². The number of aliphatic hydroxyl groups excluding tert-OH is 1. The zero-order valence-corrected chi connectivity index (χ0v) is 7.63. The molecule has 3 heteroatoms. The number of aryl methyl sites for hydroxylation is 2. The summed E-state index contributed by atoms with van der Waals surface area (Å²) in [7, 11) is 1.84. The Morgan fingerprint density at radius 2 is 2.09 bits per heavy atom. The lowest BCUT2D eigenvalue weighted by molar-refractivity contribution is 0.275. The molecule has 1 heterocycles. The number of nitrogens with zero attached hydrogens (tertiary/aromatic N) is 2. The summed E-state index contributed by atoms with van der Waals surface area (Å²) in [6.45, 7) is 5.96. The summed E-state index contributed by atoms with van der Waals surface area (Å²) in [5, 5.41) is 12.7. The van der Waals surface area contributed by atoms with Crippen molar-refractivity contribution in [3.8, 4) is 0 Å². The van der Waals surface area contributed by atoms with Crippen LogP contribution in [0.2, 0.25) is 0 Å². The highest BCUT2D eigenvalue weighted by atomic mass is 16.3. The van der Waals surface area contributed by atoms with Crippen molar-refractivity contribution in [1.82, 2.24) is 9.78 Å². The van der Waals surface area contributed by atoms with Crippen molar-refractivity contribution in [1.29, 1.82) is 0 Å². The smallest absolute Gasteiger partial charge is 0.0907 e. The SMILES string of the molecule is CC.Cc1cn(C)nc1CO. The summed E-state index contributed by atoms with van der Waals surface area (Å²) in [4.78, 5) is 0. The molecule has 0 bridgehead atoms. The molecule has 0 aliphatic heterocycles. The minimum absolute atomic E-state index is 0.0344. The van der Waals surface area contributed by atoms with Crippen molar-refractivity contribution in [2.24, 2.45) is 7.05 Å². The zero-order chi connectivity index (χ0) is 8.85. The Hall–Kier alpha value is -0.830. The van der Waals surface area contributed by atoms with Crippen LogP contribution in [0.1, 0.15) is 25.1 Å². The van der Waals surface area contributed by atoms with Crippen LogP contribution in [0.5, 0.6) is 0 Å². The number of rotatable bonds is 1. The van der Waals surface area contributed by atoms with Gasteiger partial charge in [-0.25, -0.2) is 0 Å². The molecular formula is C8H16N2O. The van der Waals surface area contributed by atoms with E-state index in [0.29, 0.717) is 0 Å². The normalized spacial score (nSPS) is 8.82. The lowest BCUT2D eigenvalue weighted by atomic mass is 10.3. The van der Waals surface area contributed by atoms with Crippen LogP contribution in [0.4, 0.5) is 0 Å². The molecule has 0 saturated carbocycles. The van der Waals surface area contributed by atoms with Gasteiger partial charge in [0.1, 0.15) is 0 Å². The monoisotopic (exact) mass is 156 g/mol. The molecule has 64 valence electrons. The largest absolute Gasteiger partial charge is 0.390 e. The Morgan fingerprint density at radius 1 is 1.55 bits per heavy atom. The number of hydrogen-bond acceptors (Lipinski definition) is 2. The van der Waals surface area contributed by atoms with Crippen LogP contribution < -0.4 is 0 Å². The second kappa shape index (κ2) is 4.91. The van der Waals surface area contributed by atoms with E-state index >= 15 is 0 Å². The maximum Gasteiger partial charge on any atom is 0.0907 e. The van der Waals surface area contributed by atoms with E-state index in [1.807, 2.05) is 34.0 Å². The average Bonchev–Trinajstić information content (AvgIpc) is 2.33. The maximum absolute atomic E-state index is 8.66. The molecule has 1 aromatic rings. The fraction of sp³-hybridized carbons (Fsp3) is 0.625. The van der Waals surface area contributed by atoms with Gasteiger partial charge in [0.25, 0.3) is 0 Å². The Morgan fingerprint density at radius 3 is 2.27 bits per heavy atom. The second-order valence-electron chi connectivity index (χ2n) is 2.09. The molecule has 1 aromatic heterocycles. The Labute approximate surface area is 67.7 Å². The third kappa shape index (κ3) is 2.72. The Balaban J connectivity index is 0.000000461. The van der Waals surface area contributed by atoms with Gasteiger partial charge in [-0.1, -0.05) is 13.8 Å². The van der Waals surface area contributed by atoms with Crippen molar-refractivity contribution >= 4 is 0 Å². The first-order chi connectivity index (χ1) is 5.24. The van der Waals surface area contributed by atoms with Gasteiger partial charge in [0, 0.05) is 13.2 Å². The van der Waals surface area contributed by atoms with Crippen molar-refractivity contribution in [3.05, 3.63) is 17.5 Å². The molecule has 0 spiro atoms. The second-order valence-corrected chi connectivity index (χ2v) is 2.09. The van der Waals surface area contributed by atoms with E-state index in [-0.39, 0.29) is 6.61 Å². The molecule has 0 unspecified atom stereocenters. The molecule has 1 N–H and O–H groups in total. The standard InChI is InChI=1S/C6H10N2O.C2H6/c1-5-3-8(2)7-6(5)4-9;1-2/h3,9H,4H2,1-2H3;1-2H3. The van der Waals surface area contributed by atoms with E-state index in [2.05, 4.69) is 5.10 Å². The van der Waals surface area contributed by atoms with E-state index < -0.39 is 0 Å². The van der Waals surface area contributed by atoms with Gasteiger partial charge in [0.05, 0.1) is 12.3 Å². The van der Waals surface area contributed by atoms with E-state index in [0.717, 1.165) is 11.3 Å². The van der Waals surface area contributed by atoms with Crippen LogP contribution in [-0.4, -0.2) is 14.9 Å². The summed E-state index contributed by atoms with van der Waals surface area (Å²) in [6.07, 6.45) is 1.88. The fourth-order valence-corrected chi connectivity index (χ4v) is 0.809. The van der Waals surface area contributed by atoms with Gasteiger partial charge in [-0.05, 0) is 12.5 Å². The number of aromatic nitrogens is 2. The highest BCUT2D eigenvalue weighted by Gasteiger charge is 1.98. The third-order valence-electron chi connectivity index (χ3n) is 1.26. The van der Waals surface area contributed by atoms with Gasteiger partial charge in [-0.15, -0.1) is 0 Å². The predicted molar refractivity (Wildman–Crippen MR) is 45.2 cm³/mol. The van der Waals surface area contributed by atoms with E-state index in [1.54, 1.807) is 4.68 Å². The minimum atomic E-state index is 0.0344. The molecule has 0 aromatic carbocycles. The molecule has 1 rings (SSSR count). The van der Waals surface area contributed by atoms with Crippen LogP contribution in [0.25, 0.3) is 0 Å². The first-order valence-electron chi connectivity index (χ1n) is 3.84. The molecule has 0 aliphatic rings. The first-order valence-corrected chi connectivity index (χ1v) is 3.84. The molecule has 0 radical (unpaired) electrons. The first kappa shape index (κ1) is 10.2. The highest BCUT2D eigenvalue weighted by Crippen LogP contribution is 2.02. The predicted octanol–water partition coefficient (Wildman–Crippen LogP) is 1.25. The van der Waals surface area contributed by atoms with Gasteiger partial charge >= 0.3 is 0 Å². The molecule has 0 amide bonds. The van der Waals surface area contributed by atoms with Gasteiger partial charge in [-0.3, -0.25) is 4.68 Å². The minimum Gasteiger partial charge on any atom is -0.390 e. The zero-order valence-electron chi connectivity index (χ0n) is 7.63. The molecule has 0 fully saturated rings.